The average Bonchev–Trinajstić information content (AvgIpc) is 2.90. The fourth-order valence-corrected chi connectivity index (χ4v) is 3.96. The third-order valence-electron chi connectivity index (χ3n) is 5.08. The van der Waals surface area contributed by atoms with Crippen LogP contribution in [-0.2, 0) is 0 Å². The van der Waals surface area contributed by atoms with Crippen LogP contribution in [0.25, 0.3) is 0 Å². The van der Waals surface area contributed by atoms with Crippen LogP contribution in [0.15, 0.2) is 47.1 Å². The van der Waals surface area contributed by atoms with Gasteiger partial charge in [0.2, 0.25) is 0 Å². The van der Waals surface area contributed by atoms with Crippen LogP contribution in [0.3, 0.4) is 0 Å². The second-order valence-corrected chi connectivity index (χ2v) is 6.54. The maximum Gasteiger partial charge on any atom is -0.00945 e. The zero-order valence-electron chi connectivity index (χ0n) is 12.7. The lowest BCUT2D eigenvalue weighted by molar-refractivity contribution is 0.534. The Hall–Kier alpha value is -1.04. The topological polar surface area (TPSA) is 0 Å². The van der Waals surface area contributed by atoms with Crippen molar-refractivity contribution in [2.45, 2.75) is 70.6 Å². The monoisotopic (exact) mass is 268 g/mol. The van der Waals surface area contributed by atoms with Gasteiger partial charge in [0.1, 0.15) is 0 Å². The Bertz CT molecular complexity index is 437. The van der Waals surface area contributed by atoms with E-state index in [1.165, 1.54) is 57.8 Å². The van der Waals surface area contributed by atoms with Crippen LogP contribution in [0.2, 0.25) is 0 Å². The number of hydrogen-bond acceptors (Lipinski definition) is 0. The molecule has 0 heteroatoms. The zero-order chi connectivity index (χ0) is 13.6. The second-order valence-electron chi connectivity index (χ2n) is 6.54. The zero-order valence-corrected chi connectivity index (χ0v) is 12.7. The third-order valence-corrected chi connectivity index (χ3v) is 5.08. The lowest BCUT2D eigenvalue weighted by atomic mass is 9.81. The first-order valence-corrected chi connectivity index (χ1v) is 8.70. The van der Waals surface area contributed by atoms with Gasteiger partial charge in [-0.1, -0.05) is 56.1 Å². The van der Waals surface area contributed by atoms with E-state index in [-0.39, 0.29) is 0 Å². The van der Waals surface area contributed by atoms with E-state index in [2.05, 4.69) is 30.4 Å². The molecule has 1 saturated carbocycles. The van der Waals surface area contributed by atoms with E-state index in [9.17, 15) is 0 Å². The van der Waals surface area contributed by atoms with Gasteiger partial charge in [-0.25, -0.2) is 0 Å². The molecular formula is C20H28. The molecule has 0 bridgehead atoms. The van der Waals surface area contributed by atoms with Crippen molar-refractivity contribution in [1.29, 1.82) is 0 Å². The Morgan fingerprint density at radius 1 is 0.750 bits per heavy atom. The van der Waals surface area contributed by atoms with Crippen molar-refractivity contribution in [2.24, 2.45) is 5.92 Å². The molecule has 1 fully saturated rings. The van der Waals surface area contributed by atoms with E-state index in [0.717, 1.165) is 18.8 Å². The largest absolute Gasteiger partial charge is 0.0844 e. The lowest BCUT2D eigenvalue weighted by Gasteiger charge is -2.23. The molecular weight excluding hydrogens is 240 g/mol. The first kappa shape index (κ1) is 13.9. The van der Waals surface area contributed by atoms with Crippen LogP contribution in [0.1, 0.15) is 70.6 Å². The summed E-state index contributed by atoms with van der Waals surface area (Å²) in [4.78, 5) is 0. The van der Waals surface area contributed by atoms with Crippen LogP contribution in [-0.4, -0.2) is 0 Å². The molecule has 0 saturated heterocycles. The molecule has 0 radical (unpaired) electrons. The molecule has 0 spiro atoms. The Morgan fingerprint density at radius 2 is 1.55 bits per heavy atom. The summed E-state index contributed by atoms with van der Waals surface area (Å²) in [6.07, 6.45) is 27.1. The van der Waals surface area contributed by atoms with Crippen LogP contribution in [0.5, 0.6) is 0 Å². The summed E-state index contributed by atoms with van der Waals surface area (Å²) in [6.45, 7) is 0. The van der Waals surface area contributed by atoms with E-state index < -0.39 is 0 Å². The highest BCUT2D eigenvalue weighted by molar-refractivity contribution is 5.50. The summed E-state index contributed by atoms with van der Waals surface area (Å²) in [6, 6.07) is 0. The van der Waals surface area contributed by atoms with Crippen molar-refractivity contribution < 1.29 is 0 Å². The first-order chi connectivity index (χ1) is 9.95. The van der Waals surface area contributed by atoms with E-state index in [1.54, 1.807) is 16.7 Å². The Kier molecular flexibility index (Phi) is 4.95. The molecule has 0 aromatic carbocycles. The Morgan fingerprint density at radius 3 is 2.30 bits per heavy atom. The van der Waals surface area contributed by atoms with Gasteiger partial charge in [-0.05, 0) is 67.6 Å². The first-order valence-electron chi connectivity index (χ1n) is 8.70. The van der Waals surface area contributed by atoms with Crippen LogP contribution < -0.4 is 0 Å². The van der Waals surface area contributed by atoms with Crippen molar-refractivity contribution in [3.05, 3.63) is 47.1 Å². The van der Waals surface area contributed by atoms with E-state index >= 15 is 0 Å². The van der Waals surface area contributed by atoms with Crippen molar-refractivity contribution in [1.82, 2.24) is 0 Å². The molecule has 3 rings (SSSR count). The molecule has 0 heterocycles. The molecule has 0 N–H and O–H groups in total. The van der Waals surface area contributed by atoms with E-state index in [0.29, 0.717) is 0 Å². The molecule has 0 aliphatic heterocycles. The van der Waals surface area contributed by atoms with Crippen LogP contribution >= 0.6 is 0 Å². The average molecular weight is 268 g/mol. The van der Waals surface area contributed by atoms with Crippen molar-refractivity contribution in [2.75, 3.05) is 0 Å². The van der Waals surface area contributed by atoms with Gasteiger partial charge in [-0.15, -0.1) is 0 Å². The summed E-state index contributed by atoms with van der Waals surface area (Å²) in [5.74, 6) is 0.841. The molecule has 3 aliphatic carbocycles. The fourth-order valence-electron chi connectivity index (χ4n) is 3.96. The van der Waals surface area contributed by atoms with E-state index in [1.807, 2.05) is 0 Å². The molecule has 0 unspecified atom stereocenters. The SMILES string of the molecule is C1=CCC(C2=CCCCC=C2C2CCCCCC2)=CC1. The molecule has 3 aliphatic rings. The molecule has 0 aromatic heterocycles. The highest BCUT2D eigenvalue weighted by Crippen LogP contribution is 2.38. The summed E-state index contributed by atoms with van der Waals surface area (Å²) < 4.78 is 0. The second kappa shape index (κ2) is 7.11. The van der Waals surface area contributed by atoms with Gasteiger partial charge < -0.3 is 0 Å². The highest BCUT2D eigenvalue weighted by Gasteiger charge is 2.22. The Balaban J connectivity index is 1.84. The maximum absolute atomic E-state index is 2.59. The van der Waals surface area contributed by atoms with Gasteiger partial charge in [0.25, 0.3) is 0 Å². The Labute approximate surface area is 124 Å². The van der Waals surface area contributed by atoms with Crippen LogP contribution in [0, 0.1) is 5.92 Å². The fraction of sp³-hybridized carbons (Fsp3) is 0.600. The molecule has 0 aromatic rings. The summed E-state index contributed by atoms with van der Waals surface area (Å²) in [7, 11) is 0. The quantitative estimate of drug-likeness (QED) is 0.409. The number of allylic oxidation sites excluding steroid dienone is 8. The molecule has 0 amide bonds. The predicted octanol–water partition coefficient (Wildman–Crippen LogP) is 6.27. The van der Waals surface area contributed by atoms with Gasteiger partial charge in [-0.3, -0.25) is 0 Å². The third kappa shape index (κ3) is 3.34. The van der Waals surface area contributed by atoms with Gasteiger partial charge >= 0.3 is 0 Å². The van der Waals surface area contributed by atoms with Crippen LogP contribution in [0.4, 0.5) is 0 Å². The summed E-state index contributed by atoms with van der Waals surface area (Å²) in [5.41, 5.74) is 4.94. The molecule has 20 heavy (non-hydrogen) atoms. The standard InChI is InChI=1S/C20H28/c1-2-6-12-17(11-5-1)19-15-9-4-10-16-20(19)18-13-7-3-8-14-18/h3,7,14-17H,1-2,4-6,8-13H2. The van der Waals surface area contributed by atoms with E-state index in [4.69, 9.17) is 0 Å². The summed E-state index contributed by atoms with van der Waals surface area (Å²) in [5, 5.41) is 0. The van der Waals surface area contributed by atoms with Gasteiger partial charge in [0.15, 0.2) is 0 Å². The minimum absolute atomic E-state index is 0.841. The molecule has 108 valence electrons. The van der Waals surface area contributed by atoms with Gasteiger partial charge in [-0.2, -0.15) is 0 Å². The summed E-state index contributed by atoms with van der Waals surface area (Å²) >= 11 is 0. The van der Waals surface area contributed by atoms with Gasteiger partial charge in [0.05, 0.1) is 0 Å². The van der Waals surface area contributed by atoms with Crippen molar-refractivity contribution >= 4 is 0 Å². The molecule has 0 nitrogen and oxygen atoms in total. The maximum atomic E-state index is 2.59. The highest BCUT2D eigenvalue weighted by atomic mass is 14.3. The minimum atomic E-state index is 0.841. The minimum Gasteiger partial charge on any atom is -0.0844 e. The number of rotatable bonds is 2. The number of hydrogen-bond donors (Lipinski definition) is 0. The normalized spacial score (nSPS) is 25.3. The molecule has 0 atom stereocenters. The van der Waals surface area contributed by atoms with Crippen molar-refractivity contribution in [3.8, 4) is 0 Å². The predicted molar refractivity (Wildman–Crippen MR) is 87.7 cm³/mol. The van der Waals surface area contributed by atoms with Crippen molar-refractivity contribution in [3.63, 3.8) is 0 Å². The smallest absolute Gasteiger partial charge is 0.00945 e. The van der Waals surface area contributed by atoms with Gasteiger partial charge in [0, 0.05) is 0 Å². The lowest BCUT2D eigenvalue weighted by Crippen LogP contribution is -2.08.